The summed E-state index contributed by atoms with van der Waals surface area (Å²) < 4.78 is 7.33. The summed E-state index contributed by atoms with van der Waals surface area (Å²) in [4.78, 5) is 19.3. The molecule has 3 heterocycles. The second kappa shape index (κ2) is 8.39. The van der Waals surface area contributed by atoms with Gasteiger partial charge < -0.3 is 19.5 Å². The molecule has 3 aromatic rings. The van der Waals surface area contributed by atoms with E-state index in [9.17, 15) is 4.79 Å². The summed E-state index contributed by atoms with van der Waals surface area (Å²) in [5, 5.41) is 13.9. The number of tetrazole rings is 1. The van der Waals surface area contributed by atoms with Crippen molar-refractivity contribution in [2.45, 2.75) is 37.8 Å². The van der Waals surface area contributed by atoms with Gasteiger partial charge in [-0.2, -0.15) is 0 Å². The van der Waals surface area contributed by atoms with Crippen LogP contribution in [-0.2, 0) is 0 Å². The molecule has 0 spiro atoms. The second-order valence-electron chi connectivity index (χ2n) is 8.98. The van der Waals surface area contributed by atoms with Crippen LogP contribution in [0.3, 0.4) is 0 Å². The highest BCUT2D eigenvalue weighted by Crippen LogP contribution is 2.31. The van der Waals surface area contributed by atoms with Gasteiger partial charge in [-0.25, -0.2) is 4.68 Å². The van der Waals surface area contributed by atoms with Crippen molar-refractivity contribution in [3.05, 3.63) is 46.0 Å². The number of fused-ring (bicyclic) bond motifs is 1. The normalized spacial score (nSPS) is 23.3. The van der Waals surface area contributed by atoms with E-state index in [1.807, 2.05) is 28.9 Å². The van der Waals surface area contributed by atoms with Crippen molar-refractivity contribution in [1.29, 1.82) is 0 Å². The van der Waals surface area contributed by atoms with Crippen molar-refractivity contribution in [3.8, 4) is 5.75 Å². The third-order valence-electron chi connectivity index (χ3n) is 6.99. The Bertz CT molecular complexity index is 1110. The summed E-state index contributed by atoms with van der Waals surface area (Å²) in [5.74, 6) is 1.55. The van der Waals surface area contributed by atoms with E-state index in [4.69, 9.17) is 4.74 Å². The SMILES string of the molecule is COc1ccc2cc([C@H](c3nnnn3C3CCCC3)[NH+]3CC[NH+](C)CC3)c(=O)[nH]c2c1. The zero-order valence-corrected chi connectivity index (χ0v) is 18.2. The molecule has 9 nitrogen and oxygen atoms in total. The van der Waals surface area contributed by atoms with E-state index in [2.05, 4.69) is 27.6 Å². The molecular formula is C22H31N7O2+2. The number of aromatic nitrogens is 5. The van der Waals surface area contributed by atoms with Crippen LogP contribution in [0, 0.1) is 0 Å². The Morgan fingerprint density at radius 3 is 2.68 bits per heavy atom. The van der Waals surface area contributed by atoms with Gasteiger partial charge in [-0.1, -0.05) is 12.8 Å². The minimum atomic E-state index is -0.182. The third kappa shape index (κ3) is 3.83. The van der Waals surface area contributed by atoms with E-state index in [-0.39, 0.29) is 11.6 Å². The average Bonchev–Trinajstić information content (AvgIpc) is 3.47. The van der Waals surface area contributed by atoms with Crippen LogP contribution >= 0.6 is 0 Å². The minimum absolute atomic E-state index is 0.0782. The maximum Gasteiger partial charge on any atom is 0.258 e. The fourth-order valence-electron chi connectivity index (χ4n) is 5.17. The molecule has 2 fully saturated rings. The van der Waals surface area contributed by atoms with Crippen LogP contribution in [0.1, 0.15) is 49.2 Å². The number of piperazine rings is 1. The molecule has 1 saturated carbocycles. The second-order valence-corrected chi connectivity index (χ2v) is 8.98. The number of hydrogen-bond acceptors (Lipinski definition) is 5. The first kappa shape index (κ1) is 20.1. The number of ether oxygens (including phenoxy) is 1. The Balaban J connectivity index is 1.62. The van der Waals surface area contributed by atoms with Crippen LogP contribution in [0.5, 0.6) is 5.75 Å². The van der Waals surface area contributed by atoms with Gasteiger partial charge in [0, 0.05) is 6.07 Å². The molecule has 0 radical (unpaired) electrons. The summed E-state index contributed by atoms with van der Waals surface area (Å²) >= 11 is 0. The number of benzene rings is 1. The minimum Gasteiger partial charge on any atom is -0.497 e. The van der Waals surface area contributed by atoms with Crippen LogP contribution in [-0.4, -0.2) is 65.5 Å². The van der Waals surface area contributed by atoms with E-state index < -0.39 is 0 Å². The van der Waals surface area contributed by atoms with E-state index >= 15 is 0 Å². The van der Waals surface area contributed by atoms with Gasteiger partial charge in [0.05, 0.1) is 31.3 Å². The summed E-state index contributed by atoms with van der Waals surface area (Å²) in [6.45, 7) is 4.10. The molecule has 0 bridgehead atoms. The van der Waals surface area contributed by atoms with Crippen LogP contribution in [0.25, 0.3) is 10.9 Å². The molecule has 164 valence electrons. The standard InChI is InChI=1S/C22H29N7O2/c1-27-9-11-28(12-10-27)20(21-24-25-26-29(21)16-5-3-4-6-16)18-13-15-7-8-17(31-2)14-19(15)23-22(18)30/h7-8,13-14,16,20H,3-6,9-12H2,1-2H3,(H,23,30)/p+2/t20-/m1/s1. The maximum absolute atomic E-state index is 13.3. The van der Waals surface area contributed by atoms with Crippen molar-refractivity contribution in [2.24, 2.45) is 0 Å². The Morgan fingerprint density at radius 1 is 1.16 bits per heavy atom. The largest absolute Gasteiger partial charge is 0.497 e. The van der Waals surface area contributed by atoms with Gasteiger partial charge in [-0.05, 0) is 46.9 Å². The van der Waals surface area contributed by atoms with Gasteiger partial charge in [0.2, 0.25) is 5.82 Å². The van der Waals surface area contributed by atoms with Crippen LogP contribution in [0.4, 0.5) is 0 Å². The fourth-order valence-corrected chi connectivity index (χ4v) is 5.17. The zero-order valence-electron chi connectivity index (χ0n) is 18.2. The fraction of sp³-hybridized carbons (Fsp3) is 0.545. The lowest BCUT2D eigenvalue weighted by molar-refractivity contribution is -1.02. The molecule has 0 unspecified atom stereocenters. The number of nitrogens with one attached hydrogen (secondary N) is 3. The number of pyridine rings is 1. The highest BCUT2D eigenvalue weighted by atomic mass is 16.5. The first-order chi connectivity index (χ1) is 15.1. The summed E-state index contributed by atoms with van der Waals surface area (Å²) in [6, 6.07) is 7.95. The molecule has 1 aliphatic carbocycles. The van der Waals surface area contributed by atoms with Gasteiger partial charge in [0.25, 0.3) is 5.56 Å². The summed E-state index contributed by atoms with van der Waals surface area (Å²) in [5.41, 5.74) is 1.44. The zero-order chi connectivity index (χ0) is 21.4. The molecule has 2 aromatic heterocycles. The number of methoxy groups -OCH3 is 1. The lowest BCUT2D eigenvalue weighted by Gasteiger charge is -2.33. The lowest BCUT2D eigenvalue weighted by Crippen LogP contribution is -3.27. The van der Waals surface area contributed by atoms with Crippen molar-refractivity contribution in [2.75, 3.05) is 40.3 Å². The highest BCUT2D eigenvalue weighted by molar-refractivity contribution is 5.80. The number of H-pyrrole nitrogens is 1. The number of nitrogens with zero attached hydrogens (tertiary/aromatic N) is 4. The van der Waals surface area contributed by atoms with Crippen molar-refractivity contribution < 1.29 is 14.5 Å². The molecule has 2 aliphatic rings. The highest BCUT2D eigenvalue weighted by Gasteiger charge is 2.38. The average molecular weight is 426 g/mol. The first-order valence-corrected chi connectivity index (χ1v) is 11.3. The van der Waals surface area contributed by atoms with Crippen molar-refractivity contribution in [3.63, 3.8) is 0 Å². The molecule has 1 aromatic carbocycles. The number of likely N-dealkylation sites (N-methyl/N-ethyl adjacent to an activating group) is 1. The van der Waals surface area contributed by atoms with Crippen molar-refractivity contribution >= 4 is 10.9 Å². The molecule has 3 N–H and O–H groups in total. The summed E-state index contributed by atoms with van der Waals surface area (Å²) in [6.07, 6.45) is 4.61. The van der Waals surface area contributed by atoms with Crippen LogP contribution < -0.4 is 20.1 Å². The number of rotatable bonds is 5. The van der Waals surface area contributed by atoms with Crippen LogP contribution in [0.15, 0.2) is 29.1 Å². The molecule has 1 atom stereocenters. The molecule has 5 rings (SSSR count). The molecule has 1 saturated heterocycles. The van der Waals surface area contributed by atoms with E-state index in [1.54, 1.807) is 7.11 Å². The molecule has 31 heavy (non-hydrogen) atoms. The van der Waals surface area contributed by atoms with E-state index in [0.717, 1.165) is 67.1 Å². The quantitative estimate of drug-likeness (QED) is 0.495. The van der Waals surface area contributed by atoms with Gasteiger partial charge in [0.1, 0.15) is 31.9 Å². The Morgan fingerprint density at radius 2 is 1.94 bits per heavy atom. The smallest absolute Gasteiger partial charge is 0.258 e. The predicted octanol–water partition coefficient (Wildman–Crippen LogP) is -0.859. The molecule has 0 amide bonds. The van der Waals surface area contributed by atoms with Gasteiger partial charge in [-0.3, -0.25) is 4.79 Å². The predicted molar refractivity (Wildman–Crippen MR) is 116 cm³/mol. The Kier molecular flexibility index (Phi) is 5.45. The Labute approximate surface area is 181 Å². The number of quaternary nitrogens is 2. The number of hydrogen-bond donors (Lipinski definition) is 3. The monoisotopic (exact) mass is 425 g/mol. The van der Waals surface area contributed by atoms with E-state index in [0.29, 0.717) is 6.04 Å². The maximum atomic E-state index is 13.3. The van der Waals surface area contributed by atoms with Crippen LogP contribution in [0.2, 0.25) is 0 Å². The molecule has 1 aliphatic heterocycles. The van der Waals surface area contributed by atoms with Gasteiger partial charge in [-0.15, -0.1) is 5.10 Å². The first-order valence-electron chi connectivity index (χ1n) is 11.3. The van der Waals surface area contributed by atoms with Gasteiger partial charge in [0.15, 0.2) is 6.04 Å². The molecular weight excluding hydrogens is 394 g/mol. The lowest BCUT2D eigenvalue weighted by atomic mass is 10.0. The molecule has 9 heteroatoms. The van der Waals surface area contributed by atoms with Gasteiger partial charge >= 0.3 is 0 Å². The third-order valence-corrected chi connectivity index (χ3v) is 6.99. The van der Waals surface area contributed by atoms with E-state index in [1.165, 1.54) is 22.6 Å². The van der Waals surface area contributed by atoms with Crippen molar-refractivity contribution in [1.82, 2.24) is 25.2 Å². The summed E-state index contributed by atoms with van der Waals surface area (Å²) in [7, 11) is 3.86. The number of aromatic amines is 1. The Hall–Kier alpha value is -2.78. The topological polar surface area (TPSA) is 94.6 Å².